The molecule has 0 spiro atoms. The minimum atomic E-state index is -1.60. The Labute approximate surface area is 146 Å². The number of halogens is 2. The van der Waals surface area contributed by atoms with Crippen LogP contribution in [-0.2, 0) is 0 Å². The summed E-state index contributed by atoms with van der Waals surface area (Å²) in [6, 6.07) is 27.4. The molecule has 1 radical (unpaired) electrons. The summed E-state index contributed by atoms with van der Waals surface area (Å²) in [5.41, 5.74) is 2.36. The second kappa shape index (κ2) is 6.01. The topological polar surface area (TPSA) is 0 Å². The van der Waals surface area contributed by atoms with Crippen LogP contribution in [0.2, 0.25) is 0 Å². The van der Waals surface area contributed by atoms with Gasteiger partial charge in [-0.1, -0.05) is 78.9 Å². The minimum absolute atomic E-state index is 1.05. The van der Waals surface area contributed by atoms with Crippen LogP contribution in [0.15, 0.2) is 78.9 Å². The number of hydrogen-bond donors (Lipinski definition) is 0. The van der Waals surface area contributed by atoms with Crippen molar-refractivity contribution in [2.24, 2.45) is 0 Å². The van der Waals surface area contributed by atoms with Gasteiger partial charge in [0.05, 0.1) is 0 Å². The molecule has 23 heavy (non-hydrogen) atoms. The monoisotopic (exact) mass is 351 g/mol. The summed E-state index contributed by atoms with van der Waals surface area (Å²) in [5.74, 6) is 0. The highest BCUT2D eigenvalue weighted by molar-refractivity contribution is 7.39. The number of benzene rings is 4. The zero-order chi connectivity index (χ0) is 15.8. The second-order valence-corrected chi connectivity index (χ2v) is 9.40. The fourth-order valence-electron chi connectivity index (χ4n) is 3.16. The Morgan fingerprint density at radius 3 is 1.91 bits per heavy atom. The van der Waals surface area contributed by atoms with E-state index in [2.05, 4.69) is 78.9 Å². The van der Waals surface area contributed by atoms with Gasteiger partial charge < -0.3 is 0 Å². The van der Waals surface area contributed by atoms with Crippen molar-refractivity contribution in [2.75, 3.05) is 0 Å². The minimum Gasteiger partial charge on any atom is -0.140 e. The van der Waals surface area contributed by atoms with Gasteiger partial charge in [0.15, 0.2) is 0 Å². The van der Waals surface area contributed by atoms with E-state index in [-0.39, 0.29) is 0 Å². The van der Waals surface area contributed by atoms with Crippen LogP contribution >= 0.6 is 22.2 Å². The predicted molar refractivity (Wildman–Crippen MR) is 104 cm³/mol. The van der Waals surface area contributed by atoms with Crippen LogP contribution in [0.25, 0.3) is 32.7 Å². The van der Waals surface area contributed by atoms with Crippen LogP contribution in [0.5, 0.6) is 0 Å². The van der Waals surface area contributed by atoms with Crippen LogP contribution in [0.3, 0.4) is 0 Å². The lowest BCUT2D eigenvalue weighted by molar-refractivity contribution is 1.71. The van der Waals surface area contributed by atoms with Crippen molar-refractivity contribution in [3.8, 4) is 11.1 Å². The Kier molecular flexibility index (Phi) is 3.86. The lowest BCUT2D eigenvalue weighted by Crippen LogP contribution is -2.21. The Balaban J connectivity index is 2.17. The molecule has 3 heteroatoms. The van der Waals surface area contributed by atoms with Gasteiger partial charge >= 0.3 is 7.42 Å². The average Bonchev–Trinajstić information content (AvgIpc) is 2.60. The number of rotatable bonds is 2. The zero-order valence-corrected chi connectivity index (χ0v) is 14.8. The molecule has 0 saturated carbocycles. The summed E-state index contributed by atoms with van der Waals surface area (Å²) in [5, 5.41) is 5.90. The van der Waals surface area contributed by atoms with Gasteiger partial charge in [-0.2, -0.15) is 0 Å². The molecule has 0 aromatic heterocycles. The van der Waals surface area contributed by atoms with Crippen LogP contribution in [0.1, 0.15) is 0 Å². The van der Waals surface area contributed by atoms with E-state index in [9.17, 15) is 0 Å². The Bertz CT molecular complexity index is 1000. The highest BCUT2D eigenvalue weighted by Crippen LogP contribution is 2.33. The number of fused-ring (bicyclic) bond motifs is 2. The van der Waals surface area contributed by atoms with Crippen molar-refractivity contribution in [1.29, 1.82) is 0 Å². The summed E-state index contributed by atoms with van der Waals surface area (Å²) in [4.78, 5) is 0. The van der Waals surface area contributed by atoms with Crippen molar-refractivity contribution in [1.82, 2.24) is 0 Å². The van der Waals surface area contributed by atoms with Crippen molar-refractivity contribution >= 4 is 56.3 Å². The number of hydrogen-bond acceptors (Lipinski definition) is 0. The molecule has 4 aromatic carbocycles. The van der Waals surface area contributed by atoms with Gasteiger partial charge in [0.25, 0.3) is 0 Å². The van der Waals surface area contributed by atoms with Gasteiger partial charge in [-0.3, -0.25) is 0 Å². The van der Waals surface area contributed by atoms with Gasteiger partial charge in [-0.15, -0.1) is 22.2 Å². The van der Waals surface area contributed by atoms with E-state index in [1.807, 2.05) is 0 Å². The molecule has 0 aliphatic carbocycles. The lowest BCUT2D eigenvalue weighted by atomic mass is 9.94. The fourth-order valence-corrected chi connectivity index (χ4v) is 4.78. The average molecular weight is 352 g/mol. The normalized spacial score (nSPS) is 11.4. The highest BCUT2D eigenvalue weighted by atomic mass is 35.7. The SMILES string of the molecule is Cl[Si](Cl)c1ccc2ccccc2c1-c1cccc2ccccc12. The molecule has 4 rings (SSSR count). The van der Waals surface area contributed by atoms with E-state index >= 15 is 0 Å². The third kappa shape index (κ3) is 2.55. The maximum absolute atomic E-state index is 6.38. The molecule has 0 atom stereocenters. The molecular weight excluding hydrogens is 339 g/mol. The van der Waals surface area contributed by atoms with Crippen molar-refractivity contribution in [3.63, 3.8) is 0 Å². The second-order valence-electron chi connectivity index (χ2n) is 5.50. The van der Waals surface area contributed by atoms with E-state index < -0.39 is 7.42 Å². The maximum Gasteiger partial charge on any atom is 0.307 e. The van der Waals surface area contributed by atoms with Gasteiger partial charge in [0.1, 0.15) is 0 Å². The van der Waals surface area contributed by atoms with Crippen molar-refractivity contribution in [3.05, 3.63) is 78.9 Å². The van der Waals surface area contributed by atoms with Crippen LogP contribution in [0, 0.1) is 0 Å². The molecule has 111 valence electrons. The van der Waals surface area contributed by atoms with Crippen molar-refractivity contribution in [2.45, 2.75) is 0 Å². The Morgan fingerprint density at radius 2 is 1.17 bits per heavy atom. The third-order valence-electron chi connectivity index (χ3n) is 4.19. The first-order valence-corrected chi connectivity index (χ1v) is 11.0. The van der Waals surface area contributed by atoms with Crippen molar-refractivity contribution < 1.29 is 0 Å². The van der Waals surface area contributed by atoms with Crippen LogP contribution in [-0.4, -0.2) is 7.42 Å². The summed E-state index contributed by atoms with van der Waals surface area (Å²) >= 11 is 12.8. The van der Waals surface area contributed by atoms with Gasteiger partial charge in [-0.05, 0) is 37.9 Å². The first-order chi connectivity index (χ1) is 11.3. The summed E-state index contributed by atoms with van der Waals surface area (Å²) in [6.45, 7) is 0. The van der Waals surface area contributed by atoms with Crippen LogP contribution in [0.4, 0.5) is 0 Å². The predicted octanol–water partition coefficient (Wildman–Crippen LogP) is 5.83. The van der Waals surface area contributed by atoms with E-state index in [0.29, 0.717) is 0 Å². The van der Waals surface area contributed by atoms with Crippen LogP contribution < -0.4 is 5.19 Å². The first kappa shape index (κ1) is 14.8. The largest absolute Gasteiger partial charge is 0.307 e. The molecule has 0 unspecified atom stereocenters. The van der Waals surface area contributed by atoms with Gasteiger partial charge in [0.2, 0.25) is 0 Å². The van der Waals surface area contributed by atoms with E-state index in [0.717, 1.165) is 5.19 Å². The quantitative estimate of drug-likeness (QED) is 0.314. The van der Waals surface area contributed by atoms with E-state index in [1.54, 1.807) is 0 Å². The fraction of sp³-hybridized carbons (Fsp3) is 0. The zero-order valence-electron chi connectivity index (χ0n) is 12.3. The Hall–Kier alpha value is -1.80. The summed E-state index contributed by atoms with van der Waals surface area (Å²) < 4.78 is 0. The molecule has 0 heterocycles. The smallest absolute Gasteiger partial charge is 0.140 e. The molecule has 0 nitrogen and oxygen atoms in total. The molecule has 0 aliphatic heterocycles. The van der Waals surface area contributed by atoms with E-state index in [1.165, 1.54) is 32.7 Å². The maximum atomic E-state index is 6.38. The first-order valence-electron chi connectivity index (χ1n) is 7.44. The highest BCUT2D eigenvalue weighted by Gasteiger charge is 2.18. The third-order valence-corrected chi connectivity index (χ3v) is 6.24. The molecular formula is C20H13Cl2Si. The Morgan fingerprint density at radius 1 is 0.565 bits per heavy atom. The molecule has 0 aliphatic rings. The van der Waals surface area contributed by atoms with E-state index in [4.69, 9.17) is 22.2 Å². The molecule has 4 aromatic rings. The lowest BCUT2D eigenvalue weighted by Gasteiger charge is -2.15. The molecule has 0 saturated heterocycles. The van der Waals surface area contributed by atoms with Gasteiger partial charge in [-0.25, -0.2) is 0 Å². The molecule has 0 fully saturated rings. The van der Waals surface area contributed by atoms with Gasteiger partial charge in [0, 0.05) is 0 Å². The molecule has 0 N–H and O–H groups in total. The molecule has 0 bridgehead atoms. The summed E-state index contributed by atoms with van der Waals surface area (Å²) in [6.07, 6.45) is 0. The summed E-state index contributed by atoms with van der Waals surface area (Å²) in [7, 11) is -1.60. The standard InChI is InChI=1S/C20H13Cl2Si/c21-23(22)19-13-12-15-7-2-4-10-17(15)20(19)18-11-5-8-14-6-1-3-9-16(14)18/h1-13H. The molecule has 0 amide bonds.